The van der Waals surface area contributed by atoms with E-state index in [0.717, 1.165) is 70.9 Å². The first kappa shape index (κ1) is 29.1. The van der Waals surface area contributed by atoms with Gasteiger partial charge in [-0.25, -0.2) is 9.78 Å². The molecule has 1 N–H and O–H groups in total. The van der Waals surface area contributed by atoms with E-state index in [0.29, 0.717) is 18.7 Å². The lowest BCUT2D eigenvalue weighted by Crippen LogP contribution is -2.36. The molecule has 4 aromatic rings. The molecule has 1 aliphatic heterocycles. The van der Waals surface area contributed by atoms with Crippen LogP contribution >= 0.6 is 11.3 Å². The van der Waals surface area contributed by atoms with E-state index in [4.69, 9.17) is 9.72 Å². The number of likely N-dealkylation sites (tertiary alicyclic amines) is 1. The van der Waals surface area contributed by atoms with Gasteiger partial charge in [-0.2, -0.15) is 0 Å². The molecule has 0 saturated carbocycles. The molecule has 1 atom stereocenters. The number of carbonyl (C=O) groups excluding carboxylic acids is 2. The number of imidazole rings is 1. The number of rotatable bonds is 9. The third-order valence-corrected chi connectivity index (χ3v) is 8.68. The van der Waals surface area contributed by atoms with Gasteiger partial charge in [0, 0.05) is 30.4 Å². The minimum absolute atomic E-state index is 0.0297. The smallest absolute Gasteiger partial charge is 0.410 e. The molecule has 1 saturated heterocycles. The zero-order valence-corrected chi connectivity index (χ0v) is 25.6. The van der Waals surface area contributed by atoms with Crippen molar-refractivity contribution >= 4 is 38.5 Å². The molecule has 5 rings (SSSR count). The number of nitrogens with zero attached hydrogens (tertiary/aromatic N) is 4. The summed E-state index contributed by atoms with van der Waals surface area (Å²) >= 11 is 1.59. The van der Waals surface area contributed by atoms with Crippen LogP contribution in [-0.4, -0.2) is 69.5 Å². The Hall–Kier alpha value is -3.43. The minimum atomic E-state index is -0.509. The Morgan fingerprint density at radius 1 is 1.12 bits per heavy atom. The summed E-state index contributed by atoms with van der Waals surface area (Å²) in [6.07, 6.45) is 4.64. The summed E-state index contributed by atoms with van der Waals surface area (Å²) in [6, 6.07) is 14.2. The van der Waals surface area contributed by atoms with Crippen molar-refractivity contribution in [2.75, 3.05) is 32.7 Å². The third-order valence-electron chi connectivity index (χ3n) is 7.66. The summed E-state index contributed by atoms with van der Waals surface area (Å²) in [6.45, 7) is 14.5. The number of ether oxygens (including phenoxy) is 1. The fourth-order valence-corrected chi connectivity index (χ4v) is 6.50. The fourth-order valence-electron chi connectivity index (χ4n) is 5.46. The molecule has 3 heterocycles. The predicted octanol–water partition coefficient (Wildman–Crippen LogP) is 6.75. The van der Waals surface area contributed by atoms with Gasteiger partial charge in [0.2, 0.25) is 0 Å². The van der Waals surface area contributed by atoms with Gasteiger partial charge in [0.1, 0.15) is 5.60 Å². The predicted molar refractivity (Wildman–Crippen MR) is 166 cm³/mol. The second-order valence-electron chi connectivity index (χ2n) is 11.7. The fraction of sp³-hybridized carbons (Fsp3) is 0.469. The first-order chi connectivity index (χ1) is 19.7. The van der Waals surface area contributed by atoms with Crippen molar-refractivity contribution in [3.05, 3.63) is 59.8 Å². The van der Waals surface area contributed by atoms with E-state index in [-0.39, 0.29) is 18.0 Å². The number of amides is 2. The Morgan fingerprint density at radius 3 is 2.59 bits per heavy atom. The Bertz CT molecular complexity index is 1510. The summed E-state index contributed by atoms with van der Waals surface area (Å²) in [5.41, 5.74) is 4.24. The number of nitrogens with one attached hydrogen (secondary N) is 1. The summed E-state index contributed by atoms with van der Waals surface area (Å²) in [5, 5.41) is 3.06. The van der Waals surface area contributed by atoms with Crippen molar-refractivity contribution in [3.8, 4) is 11.3 Å². The second kappa shape index (κ2) is 12.2. The number of benzene rings is 2. The largest absolute Gasteiger partial charge is 0.444 e. The van der Waals surface area contributed by atoms with E-state index < -0.39 is 5.60 Å². The van der Waals surface area contributed by atoms with Crippen molar-refractivity contribution in [3.63, 3.8) is 0 Å². The van der Waals surface area contributed by atoms with Gasteiger partial charge < -0.3 is 19.9 Å². The molecule has 1 aliphatic rings. The molecule has 2 aromatic heterocycles. The van der Waals surface area contributed by atoms with Gasteiger partial charge in [0.15, 0.2) is 4.96 Å². The van der Waals surface area contributed by atoms with Crippen molar-refractivity contribution < 1.29 is 14.3 Å². The van der Waals surface area contributed by atoms with Gasteiger partial charge in [0.25, 0.3) is 5.91 Å². The molecule has 0 aliphatic carbocycles. The van der Waals surface area contributed by atoms with Crippen LogP contribution in [0.3, 0.4) is 0 Å². The van der Waals surface area contributed by atoms with Crippen LogP contribution < -0.4 is 5.32 Å². The minimum Gasteiger partial charge on any atom is -0.444 e. The zero-order chi connectivity index (χ0) is 29.1. The molecule has 0 radical (unpaired) electrons. The molecule has 0 spiro atoms. The Labute approximate surface area is 246 Å². The standard InChI is InChI=1S/C32H41N5O3S/c1-6-35(7-2)18-9-17-33-29(38)24-15-16-27-28(20-24)41-30-34-25(21-37(27)30)22-11-13-23(14-12-22)26-10-8-19-36(26)31(39)40-32(3,4)5/h11-16,20-21,26H,6-10,17-19H2,1-5H3,(H,33,38). The first-order valence-electron chi connectivity index (χ1n) is 14.7. The van der Waals surface area contributed by atoms with Crippen molar-refractivity contribution in [1.82, 2.24) is 24.5 Å². The highest BCUT2D eigenvalue weighted by Gasteiger charge is 2.33. The average Bonchev–Trinajstić information content (AvgIpc) is 3.67. The maximum atomic E-state index is 12.7. The monoisotopic (exact) mass is 575 g/mol. The van der Waals surface area contributed by atoms with Gasteiger partial charge in [-0.05, 0) is 83.4 Å². The Balaban J connectivity index is 1.26. The van der Waals surface area contributed by atoms with E-state index >= 15 is 0 Å². The van der Waals surface area contributed by atoms with Gasteiger partial charge in [-0.15, -0.1) is 0 Å². The lowest BCUT2D eigenvalue weighted by atomic mass is 10.0. The molecule has 8 nitrogen and oxygen atoms in total. The molecule has 0 bridgehead atoms. The van der Waals surface area contributed by atoms with Crippen molar-refractivity contribution in [1.29, 1.82) is 0 Å². The summed E-state index contributed by atoms with van der Waals surface area (Å²) in [5.74, 6) is -0.0363. The van der Waals surface area contributed by atoms with Crippen LogP contribution in [0.5, 0.6) is 0 Å². The third kappa shape index (κ3) is 6.57. The normalized spacial score (nSPS) is 15.8. The molecule has 2 aromatic carbocycles. The molecule has 1 fully saturated rings. The molecular weight excluding hydrogens is 534 g/mol. The highest BCUT2D eigenvalue weighted by atomic mass is 32.1. The van der Waals surface area contributed by atoms with Crippen LogP contribution in [0.25, 0.3) is 26.4 Å². The number of fused-ring (bicyclic) bond motifs is 3. The average molecular weight is 576 g/mol. The van der Waals surface area contributed by atoms with E-state index in [2.05, 4.69) is 58.9 Å². The Morgan fingerprint density at radius 2 is 1.88 bits per heavy atom. The molecule has 2 amide bonds. The zero-order valence-electron chi connectivity index (χ0n) is 24.8. The van der Waals surface area contributed by atoms with Crippen LogP contribution in [0.2, 0.25) is 0 Å². The lowest BCUT2D eigenvalue weighted by molar-refractivity contribution is 0.0224. The highest BCUT2D eigenvalue weighted by molar-refractivity contribution is 7.23. The molecule has 218 valence electrons. The molecule has 1 unspecified atom stereocenters. The second-order valence-corrected chi connectivity index (χ2v) is 12.7. The highest BCUT2D eigenvalue weighted by Crippen LogP contribution is 2.35. The number of thiazole rings is 1. The number of carbonyl (C=O) groups is 2. The van der Waals surface area contributed by atoms with Gasteiger partial charge in [-0.3, -0.25) is 9.20 Å². The van der Waals surface area contributed by atoms with Gasteiger partial charge in [0.05, 0.1) is 22.0 Å². The molecular formula is C32H41N5O3S. The SMILES string of the molecule is CCN(CC)CCCNC(=O)c1ccc2c(c1)sc1nc(-c3ccc(C4CCCN4C(=O)OC(C)(C)C)cc3)cn12. The van der Waals surface area contributed by atoms with Crippen LogP contribution in [0, 0.1) is 0 Å². The van der Waals surface area contributed by atoms with Gasteiger partial charge >= 0.3 is 6.09 Å². The van der Waals surface area contributed by atoms with E-state index in [1.54, 1.807) is 11.3 Å². The number of hydrogen-bond acceptors (Lipinski definition) is 6. The van der Waals surface area contributed by atoms with E-state index in [1.807, 2.05) is 43.9 Å². The number of hydrogen-bond donors (Lipinski definition) is 1. The summed E-state index contributed by atoms with van der Waals surface area (Å²) < 4.78 is 8.77. The van der Waals surface area contributed by atoms with E-state index in [1.165, 1.54) is 0 Å². The van der Waals surface area contributed by atoms with Crippen LogP contribution in [0.1, 0.15) is 75.8 Å². The van der Waals surface area contributed by atoms with Gasteiger partial charge in [-0.1, -0.05) is 49.4 Å². The maximum Gasteiger partial charge on any atom is 0.410 e. The Kier molecular flexibility index (Phi) is 8.66. The molecule has 41 heavy (non-hydrogen) atoms. The quantitative estimate of drug-likeness (QED) is 0.223. The van der Waals surface area contributed by atoms with Crippen LogP contribution in [0.4, 0.5) is 4.79 Å². The number of aromatic nitrogens is 2. The van der Waals surface area contributed by atoms with Crippen LogP contribution in [0.15, 0.2) is 48.7 Å². The lowest BCUT2D eigenvalue weighted by Gasteiger charge is -2.28. The maximum absolute atomic E-state index is 12.7. The van der Waals surface area contributed by atoms with Crippen molar-refractivity contribution in [2.24, 2.45) is 0 Å². The topological polar surface area (TPSA) is 79.2 Å². The summed E-state index contributed by atoms with van der Waals surface area (Å²) in [4.78, 5) is 35.5. The van der Waals surface area contributed by atoms with Crippen LogP contribution in [-0.2, 0) is 4.74 Å². The molecule has 9 heteroatoms. The van der Waals surface area contributed by atoms with E-state index in [9.17, 15) is 9.59 Å². The summed E-state index contributed by atoms with van der Waals surface area (Å²) in [7, 11) is 0. The first-order valence-corrected chi connectivity index (χ1v) is 15.5. The van der Waals surface area contributed by atoms with Crippen molar-refractivity contribution in [2.45, 2.75) is 65.5 Å².